The van der Waals surface area contributed by atoms with Crippen LogP contribution in [0.25, 0.3) is 0 Å². The van der Waals surface area contributed by atoms with E-state index in [0.29, 0.717) is 18.8 Å². The van der Waals surface area contributed by atoms with Gasteiger partial charge in [-0.15, -0.1) is 0 Å². The monoisotopic (exact) mass is 227 g/mol. The number of hydrogen-bond acceptors (Lipinski definition) is 4. The summed E-state index contributed by atoms with van der Waals surface area (Å²) in [6.07, 6.45) is 0.721. The van der Waals surface area contributed by atoms with E-state index in [-0.39, 0.29) is 25.5 Å². The standard InChI is InChI=1S/C10H17N3O3/c1-8-7-9(13(12-8)4-6-15)11-10(16)3-2-5-14/h7,14-15H,2-6H2,1H3,(H,11,16). The van der Waals surface area contributed by atoms with E-state index in [4.69, 9.17) is 10.2 Å². The lowest BCUT2D eigenvalue weighted by atomic mass is 10.3. The molecule has 0 unspecified atom stereocenters. The molecular formula is C10H17N3O3. The van der Waals surface area contributed by atoms with Crippen molar-refractivity contribution < 1.29 is 15.0 Å². The maximum Gasteiger partial charge on any atom is 0.225 e. The number of nitrogens with one attached hydrogen (secondary N) is 1. The predicted molar refractivity (Wildman–Crippen MR) is 59.0 cm³/mol. The van der Waals surface area contributed by atoms with E-state index in [1.165, 1.54) is 0 Å². The van der Waals surface area contributed by atoms with Gasteiger partial charge < -0.3 is 15.5 Å². The average molecular weight is 227 g/mol. The first-order valence-electron chi connectivity index (χ1n) is 5.23. The first kappa shape index (κ1) is 12.7. The molecule has 1 heterocycles. The topological polar surface area (TPSA) is 87.4 Å². The second-order valence-corrected chi connectivity index (χ2v) is 3.49. The zero-order chi connectivity index (χ0) is 12.0. The highest BCUT2D eigenvalue weighted by Gasteiger charge is 2.08. The number of hydrogen-bond donors (Lipinski definition) is 3. The van der Waals surface area contributed by atoms with Crippen molar-refractivity contribution in [3.63, 3.8) is 0 Å². The van der Waals surface area contributed by atoms with Gasteiger partial charge in [-0.25, -0.2) is 4.68 Å². The van der Waals surface area contributed by atoms with Gasteiger partial charge in [0, 0.05) is 19.1 Å². The number of nitrogens with zero attached hydrogens (tertiary/aromatic N) is 2. The van der Waals surface area contributed by atoms with E-state index < -0.39 is 0 Å². The van der Waals surface area contributed by atoms with Crippen molar-refractivity contribution in [2.24, 2.45) is 0 Å². The normalized spacial score (nSPS) is 10.4. The highest BCUT2D eigenvalue weighted by Crippen LogP contribution is 2.10. The molecule has 1 amide bonds. The maximum atomic E-state index is 11.4. The van der Waals surface area contributed by atoms with Crippen molar-refractivity contribution in [2.45, 2.75) is 26.3 Å². The third-order valence-electron chi connectivity index (χ3n) is 2.04. The number of rotatable bonds is 6. The van der Waals surface area contributed by atoms with E-state index >= 15 is 0 Å². The van der Waals surface area contributed by atoms with E-state index in [9.17, 15) is 4.79 Å². The van der Waals surface area contributed by atoms with Gasteiger partial charge in [0.25, 0.3) is 0 Å². The SMILES string of the molecule is Cc1cc(NC(=O)CCCO)n(CCO)n1. The molecule has 0 saturated carbocycles. The van der Waals surface area contributed by atoms with Gasteiger partial charge in [0.1, 0.15) is 5.82 Å². The molecule has 0 bridgehead atoms. The van der Waals surface area contributed by atoms with Crippen LogP contribution in [0.1, 0.15) is 18.5 Å². The van der Waals surface area contributed by atoms with Crippen LogP contribution in [-0.4, -0.2) is 39.1 Å². The molecule has 16 heavy (non-hydrogen) atoms. The minimum Gasteiger partial charge on any atom is -0.396 e. The van der Waals surface area contributed by atoms with Crippen LogP contribution in [-0.2, 0) is 11.3 Å². The maximum absolute atomic E-state index is 11.4. The molecule has 0 aromatic carbocycles. The van der Waals surface area contributed by atoms with Crippen molar-refractivity contribution in [1.29, 1.82) is 0 Å². The molecule has 0 radical (unpaired) electrons. The van der Waals surface area contributed by atoms with Gasteiger partial charge in [0.05, 0.1) is 18.8 Å². The third kappa shape index (κ3) is 3.63. The summed E-state index contributed by atoms with van der Waals surface area (Å²) in [5, 5.41) is 24.2. The molecule has 0 fully saturated rings. The fraction of sp³-hybridized carbons (Fsp3) is 0.600. The van der Waals surface area contributed by atoms with E-state index in [0.717, 1.165) is 5.69 Å². The molecule has 0 aliphatic heterocycles. The summed E-state index contributed by atoms with van der Waals surface area (Å²) >= 11 is 0. The van der Waals surface area contributed by atoms with Gasteiger partial charge in [0.2, 0.25) is 5.91 Å². The van der Waals surface area contributed by atoms with E-state index in [1.54, 1.807) is 10.7 Å². The first-order valence-corrected chi connectivity index (χ1v) is 5.23. The van der Waals surface area contributed by atoms with Crippen LogP contribution in [0, 0.1) is 6.92 Å². The van der Waals surface area contributed by atoms with Gasteiger partial charge in [0.15, 0.2) is 0 Å². The summed E-state index contributed by atoms with van der Waals surface area (Å²) in [6.45, 7) is 2.14. The van der Waals surface area contributed by atoms with E-state index in [2.05, 4.69) is 10.4 Å². The van der Waals surface area contributed by atoms with Crippen LogP contribution < -0.4 is 5.32 Å². The highest BCUT2D eigenvalue weighted by atomic mass is 16.3. The Morgan fingerprint density at radius 3 is 2.88 bits per heavy atom. The average Bonchev–Trinajstić information content (AvgIpc) is 2.56. The van der Waals surface area contributed by atoms with Crippen LogP contribution in [0.15, 0.2) is 6.07 Å². The van der Waals surface area contributed by atoms with Crippen molar-refractivity contribution in [3.8, 4) is 0 Å². The Bertz CT molecular complexity index is 349. The molecule has 0 atom stereocenters. The van der Waals surface area contributed by atoms with Crippen LogP contribution in [0.3, 0.4) is 0 Å². The Hall–Kier alpha value is -1.40. The fourth-order valence-electron chi connectivity index (χ4n) is 1.36. The molecule has 1 aromatic rings. The van der Waals surface area contributed by atoms with Crippen LogP contribution >= 0.6 is 0 Å². The zero-order valence-electron chi connectivity index (χ0n) is 9.31. The summed E-state index contributed by atoms with van der Waals surface area (Å²) < 4.78 is 1.55. The molecular weight excluding hydrogens is 210 g/mol. The number of amides is 1. The number of aromatic nitrogens is 2. The summed E-state index contributed by atoms with van der Waals surface area (Å²) in [6, 6.07) is 1.74. The molecule has 6 heteroatoms. The van der Waals surface area contributed by atoms with E-state index in [1.807, 2.05) is 6.92 Å². The minimum absolute atomic E-state index is 0.00233. The second-order valence-electron chi connectivity index (χ2n) is 3.49. The summed E-state index contributed by atoms with van der Waals surface area (Å²) in [7, 11) is 0. The molecule has 0 spiro atoms. The third-order valence-corrected chi connectivity index (χ3v) is 2.04. The molecule has 6 nitrogen and oxygen atoms in total. The smallest absolute Gasteiger partial charge is 0.225 e. The Morgan fingerprint density at radius 1 is 1.50 bits per heavy atom. The lowest BCUT2D eigenvalue weighted by molar-refractivity contribution is -0.116. The number of aryl methyl sites for hydroxylation is 1. The van der Waals surface area contributed by atoms with Crippen molar-refractivity contribution in [3.05, 3.63) is 11.8 Å². The predicted octanol–water partition coefficient (Wildman–Crippen LogP) is -0.105. The largest absolute Gasteiger partial charge is 0.396 e. The minimum atomic E-state index is -0.159. The Balaban J connectivity index is 2.61. The first-order chi connectivity index (χ1) is 7.67. The van der Waals surface area contributed by atoms with Crippen molar-refractivity contribution in [2.75, 3.05) is 18.5 Å². The molecule has 0 aliphatic carbocycles. The summed E-state index contributed by atoms with van der Waals surface area (Å²) in [5.41, 5.74) is 0.783. The molecule has 3 N–H and O–H groups in total. The highest BCUT2D eigenvalue weighted by molar-refractivity contribution is 5.89. The molecule has 0 saturated heterocycles. The Morgan fingerprint density at radius 2 is 2.25 bits per heavy atom. The van der Waals surface area contributed by atoms with Gasteiger partial charge >= 0.3 is 0 Å². The number of aliphatic hydroxyl groups excluding tert-OH is 2. The van der Waals surface area contributed by atoms with Crippen LogP contribution in [0.2, 0.25) is 0 Å². The molecule has 90 valence electrons. The van der Waals surface area contributed by atoms with Gasteiger partial charge in [-0.2, -0.15) is 5.10 Å². The van der Waals surface area contributed by atoms with Gasteiger partial charge in [-0.05, 0) is 13.3 Å². The van der Waals surface area contributed by atoms with Gasteiger partial charge in [-0.3, -0.25) is 4.79 Å². The Labute approximate surface area is 93.9 Å². The molecule has 1 aromatic heterocycles. The molecule has 0 aliphatic rings. The fourth-order valence-corrected chi connectivity index (χ4v) is 1.36. The van der Waals surface area contributed by atoms with Crippen LogP contribution in [0.5, 0.6) is 0 Å². The number of carbonyl (C=O) groups excluding carboxylic acids is 1. The zero-order valence-corrected chi connectivity index (χ0v) is 9.31. The summed E-state index contributed by atoms with van der Waals surface area (Å²) in [4.78, 5) is 11.4. The van der Waals surface area contributed by atoms with Crippen molar-refractivity contribution in [1.82, 2.24) is 9.78 Å². The molecule has 1 rings (SSSR count). The second kappa shape index (κ2) is 6.24. The number of carbonyl (C=O) groups is 1. The quantitative estimate of drug-likeness (QED) is 0.633. The van der Waals surface area contributed by atoms with Crippen molar-refractivity contribution >= 4 is 11.7 Å². The number of aliphatic hydroxyl groups is 2. The summed E-state index contributed by atoms with van der Waals surface area (Å²) in [5.74, 6) is 0.419. The van der Waals surface area contributed by atoms with Gasteiger partial charge in [-0.1, -0.05) is 0 Å². The van der Waals surface area contributed by atoms with Crippen LogP contribution in [0.4, 0.5) is 5.82 Å². The number of anilines is 1. The Kier molecular flexibility index (Phi) is 4.94. The lowest BCUT2D eigenvalue weighted by Crippen LogP contribution is -2.16. The lowest BCUT2D eigenvalue weighted by Gasteiger charge is -2.06.